The molecule has 0 unspecified atom stereocenters. The predicted octanol–water partition coefficient (Wildman–Crippen LogP) is 0.552. The molecule has 0 aromatic rings. The Bertz CT molecular complexity index is 90.6. The first-order chi connectivity index (χ1) is 2.24. The Morgan fingerprint density at radius 2 is 1.29 bits per heavy atom. The molecule has 0 amide bonds. The van der Waals surface area contributed by atoms with Gasteiger partial charge in [-0.3, -0.25) is 0 Å². The van der Waals surface area contributed by atoms with Crippen molar-refractivity contribution in [2.45, 2.75) is 0 Å². The maximum Gasteiger partial charge on any atom is 0.212 e. The van der Waals surface area contributed by atoms with Crippen LogP contribution in [0.15, 0.2) is 0 Å². The van der Waals surface area contributed by atoms with E-state index in [0.29, 0.717) is 0 Å². The molecule has 41 valence electrons. The Morgan fingerprint density at radius 3 is 1.29 bits per heavy atom. The quantitative estimate of drug-likeness (QED) is 0.399. The average Bonchev–Trinajstić information content (AvgIpc) is 0.650. The normalized spacial score (nSPS) is 16.3. The van der Waals surface area contributed by atoms with E-state index in [1.807, 2.05) is 0 Å². The van der Waals surface area contributed by atoms with Gasteiger partial charge in [-0.25, -0.2) is 4.55 Å². The van der Waals surface area contributed by atoms with E-state index < -0.39 is 10.5 Å². The molecule has 0 aliphatic heterocycles. The molecule has 7 heteroatoms. The van der Waals surface area contributed by atoms with E-state index in [1.54, 1.807) is 0 Å². The van der Waals surface area contributed by atoms with Crippen LogP contribution >= 0.6 is 0 Å². The Labute approximate surface area is 60.5 Å². The summed E-state index contributed by atoms with van der Waals surface area (Å²) in [6.45, 7) is 0. The first-order valence-electron chi connectivity index (χ1n) is 0.812. The number of rotatable bonds is 0. The summed E-state index contributed by atoms with van der Waals surface area (Å²) in [6.07, 6.45) is 0. The van der Waals surface area contributed by atoms with Crippen LogP contribution in [0.25, 0.3) is 0 Å². The standard InChI is InChI=1S/F3HO2S.Na/c1-6(2,3,4)5;/h(H,4,5);. The summed E-state index contributed by atoms with van der Waals surface area (Å²) in [5, 5.41) is 0. The zero-order valence-corrected chi connectivity index (χ0v) is 6.21. The van der Waals surface area contributed by atoms with Crippen molar-refractivity contribution < 1.29 is 20.4 Å². The van der Waals surface area contributed by atoms with E-state index in [9.17, 15) is 11.7 Å². The molecule has 7 heavy (non-hydrogen) atoms. The monoisotopic (exact) mass is 145 g/mol. The van der Waals surface area contributed by atoms with Crippen molar-refractivity contribution in [2.75, 3.05) is 0 Å². The van der Waals surface area contributed by atoms with Crippen LogP contribution in [0.3, 0.4) is 0 Å². The van der Waals surface area contributed by atoms with Crippen LogP contribution < -0.4 is 0 Å². The third kappa shape index (κ3) is 205. The van der Waals surface area contributed by atoms with Crippen LogP contribution in [0.5, 0.6) is 0 Å². The topological polar surface area (TPSA) is 37.3 Å². The minimum absolute atomic E-state index is 0. The van der Waals surface area contributed by atoms with Gasteiger partial charge in [0, 0.05) is 29.6 Å². The molecule has 0 aromatic heterocycles. The summed E-state index contributed by atoms with van der Waals surface area (Å²) in [6, 6.07) is 0. The molecule has 0 bridgehead atoms. The maximum absolute atomic E-state index is 10.2. The van der Waals surface area contributed by atoms with Gasteiger partial charge in [0.25, 0.3) is 0 Å². The summed E-state index contributed by atoms with van der Waals surface area (Å²) in [5.74, 6) is 0. The van der Waals surface area contributed by atoms with Gasteiger partial charge in [-0.1, -0.05) is 0 Å². The van der Waals surface area contributed by atoms with Gasteiger partial charge < -0.3 is 0 Å². The smallest absolute Gasteiger partial charge is 0.212 e. The van der Waals surface area contributed by atoms with Crippen molar-refractivity contribution in [1.82, 2.24) is 0 Å². The van der Waals surface area contributed by atoms with E-state index in [2.05, 4.69) is 0 Å². The van der Waals surface area contributed by atoms with E-state index in [4.69, 9.17) is 8.76 Å². The molecule has 0 fully saturated rings. The number of hydrogen-bond acceptors (Lipinski definition) is 1. The first kappa shape index (κ1) is 10.8. The molecule has 0 aliphatic rings. The van der Waals surface area contributed by atoms with Crippen molar-refractivity contribution in [1.29, 1.82) is 0 Å². The second-order valence-electron chi connectivity index (χ2n) is 0.646. The van der Waals surface area contributed by atoms with Gasteiger partial charge in [-0.05, 0) is 11.7 Å². The SMILES string of the molecule is O=S(O)(F)(F)F.[Na]. The first-order valence-corrected chi connectivity index (χ1v) is 2.44. The van der Waals surface area contributed by atoms with Crippen molar-refractivity contribution in [3.8, 4) is 0 Å². The fourth-order valence-corrected chi connectivity index (χ4v) is 0. The van der Waals surface area contributed by atoms with E-state index in [-0.39, 0.29) is 29.6 Å². The predicted molar refractivity (Wildman–Crippen MR) is 19.8 cm³/mol. The molecule has 0 aromatic carbocycles. The minimum atomic E-state index is -7.60. The van der Waals surface area contributed by atoms with Crippen LogP contribution in [-0.2, 0) is 10.5 Å². The van der Waals surface area contributed by atoms with Gasteiger partial charge in [0.05, 0.1) is 0 Å². The molecule has 0 rings (SSSR count). The second-order valence-corrected chi connectivity index (χ2v) is 1.94. The summed E-state index contributed by atoms with van der Waals surface area (Å²) >= 11 is 0. The van der Waals surface area contributed by atoms with Gasteiger partial charge in [0.15, 0.2) is 0 Å². The van der Waals surface area contributed by atoms with Crippen molar-refractivity contribution in [3.05, 3.63) is 0 Å². The zero-order chi connectivity index (χ0) is 5.45. The fraction of sp³-hybridized carbons (Fsp3) is 0. The molecule has 0 aliphatic carbocycles. The van der Waals surface area contributed by atoms with Gasteiger partial charge in [0.2, 0.25) is 10.5 Å². The van der Waals surface area contributed by atoms with Crippen LogP contribution in [-0.4, -0.2) is 38.3 Å². The number of halogens is 3. The molecule has 1 N–H and O–H groups in total. The molecule has 1 radical (unpaired) electrons. The van der Waals surface area contributed by atoms with Crippen LogP contribution in [0.1, 0.15) is 0 Å². The van der Waals surface area contributed by atoms with Crippen LogP contribution in [0, 0.1) is 0 Å². The summed E-state index contributed by atoms with van der Waals surface area (Å²) in [5.41, 5.74) is 0. The zero-order valence-electron chi connectivity index (χ0n) is 3.40. The largest absolute Gasteiger partial charge is 0.230 e. The van der Waals surface area contributed by atoms with Crippen molar-refractivity contribution in [3.63, 3.8) is 0 Å². The third-order valence-electron chi connectivity index (χ3n) is 0. The maximum atomic E-state index is 10.2. The Balaban J connectivity index is 0. The van der Waals surface area contributed by atoms with Gasteiger partial charge in [-0.2, -0.15) is 0 Å². The fourth-order valence-electron chi connectivity index (χ4n) is 0. The number of hydrogen-bond donors (Lipinski definition) is 1. The molecule has 0 heterocycles. The van der Waals surface area contributed by atoms with Crippen LogP contribution in [0.4, 0.5) is 11.7 Å². The molecule has 2 nitrogen and oxygen atoms in total. The summed E-state index contributed by atoms with van der Waals surface area (Å²) in [4.78, 5) is 0. The molecular formula is HF3NaO2S. The molecule has 0 saturated heterocycles. The Hall–Kier alpha value is 0.900. The van der Waals surface area contributed by atoms with E-state index in [0.717, 1.165) is 0 Å². The van der Waals surface area contributed by atoms with Gasteiger partial charge in [0.1, 0.15) is 0 Å². The summed E-state index contributed by atoms with van der Waals surface area (Å²) < 4.78 is 45.3. The second kappa shape index (κ2) is 2.02. The molecule has 0 atom stereocenters. The van der Waals surface area contributed by atoms with E-state index >= 15 is 0 Å². The third-order valence-corrected chi connectivity index (χ3v) is 0. The van der Waals surface area contributed by atoms with E-state index in [1.165, 1.54) is 0 Å². The van der Waals surface area contributed by atoms with Crippen LogP contribution in [0.2, 0.25) is 0 Å². The average molecular weight is 145 g/mol. The van der Waals surface area contributed by atoms with Gasteiger partial charge >= 0.3 is 0 Å². The summed E-state index contributed by atoms with van der Waals surface area (Å²) in [7, 11) is -7.60. The molecule has 0 spiro atoms. The molecular weight excluding hydrogens is 144 g/mol. The van der Waals surface area contributed by atoms with Crippen molar-refractivity contribution >= 4 is 40.1 Å². The van der Waals surface area contributed by atoms with Crippen molar-refractivity contribution in [2.24, 2.45) is 0 Å². The van der Waals surface area contributed by atoms with Gasteiger partial charge in [-0.15, -0.1) is 4.21 Å². The Kier molecular flexibility index (Phi) is 3.12. The minimum Gasteiger partial charge on any atom is -0.230 e. The Morgan fingerprint density at radius 1 is 1.29 bits per heavy atom. The molecule has 0 saturated carbocycles.